The molecule has 1 atom stereocenters. The number of amides is 1. The Bertz CT molecular complexity index is 584. The van der Waals surface area contributed by atoms with Gasteiger partial charge in [0.1, 0.15) is 0 Å². The maximum absolute atomic E-state index is 12.5. The summed E-state index contributed by atoms with van der Waals surface area (Å²) < 4.78 is 29.1. The number of hydrogen-bond donors (Lipinski definition) is 0. The molecule has 1 aromatic heterocycles. The number of halogens is 1. The number of carbonyl (C=O) groups excluding carboxylic acids is 1. The van der Waals surface area contributed by atoms with Crippen molar-refractivity contribution in [2.75, 3.05) is 31.8 Å². The van der Waals surface area contributed by atoms with E-state index in [2.05, 4.69) is 15.9 Å². The van der Waals surface area contributed by atoms with Gasteiger partial charge in [0.15, 0.2) is 9.84 Å². The minimum absolute atomic E-state index is 0.0494. The number of ether oxygens (including phenoxy) is 1. The van der Waals surface area contributed by atoms with E-state index in [9.17, 15) is 13.2 Å². The summed E-state index contributed by atoms with van der Waals surface area (Å²) in [6, 6.07) is 1.51. The number of nitrogens with zero attached hydrogens (tertiary/aromatic N) is 1. The van der Waals surface area contributed by atoms with E-state index >= 15 is 0 Å². The summed E-state index contributed by atoms with van der Waals surface area (Å²) in [7, 11) is -1.45. The highest BCUT2D eigenvalue weighted by atomic mass is 79.9. The standard InChI is InChI=1S/C12H16BrNO4S2/c1-18-4-3-14(10-2-5-20(16,17)8-10)12(15)9-6-11(13)19-7-9/h6-7,10H,2-5,8H2,1H3. The Hall–Kier alpha value is -0.440. The fraction of sp³-hybridized carbons (Fsp3) is 0.583. The predicted octanol–water partition coefficient (Wildman–Crippen LogP) is 1.79. The Morgan fingerprint density at radius 3 is 2.85 bits per heavy atom. The average Bonchev–Trinajstić information content (AvgIpc) is 2.96. The number of carbonyl (C=O) groups is 1. The van der Waals surface area contributed by atoms with Crippen LogP contribution in [0.2, 0.25) is 0 Å². The smallest absolute Gasteiger partial charge is 0.255 e. The first-order valence-corrected chi connectivity index (χ1v) is 9.67. The molecule has 5 nitrogen and oxygen atoms in total. The van der Waals surface area contributed by atoms with E-state index in [0.717, 1.165) is 3.79 Å². The highest BCUT2D eigenvalue weighted by Gasteiger charge is 2.35. The zero-order valence-electron chi connectivity index (χ0n) is 11.0. The van der Waals surface area contributed by atoms with Gasteiger partial charge in [-0.1, -0.05) is 0 Å². The Kier molecular flexibility index (Phi) is 5.22. The normalized spacial score (nSPS) is 21.0. The molecule has 1 unspecified atom stereocenters. The lowest BCUT2D eigenvalue weighted by Crippen LogP contribution is -2.42. The maximum Gasteiger partial charge on any atom is 0.255 e. The van der Waals surface area contributed by atoms with Crippen LogP contribution in [-0.2, 0) is 14.6 Å². The van der Waals surface area contributed by atoms with Crippen LogP contribution in [0.25, 0.3) is 0 Å². The summed E-state index contributed by atoms with van der Waals surface area (Å²) in [5.41, 5.74) is 0.585. The van der Waals surface area contributed by atoms with Crippen molar-refractivity contribution in [1.29, 1.82) is 0 Å². The lowest BCUT2D eigenvalue weighted by Gasteiger charge is -2.27. The van der Waals surface area contributed by atoms with Crippen LogP contribution in [0.15, 0.2) is 15.2 Å². The second kappa shape index (κ2) is 6.55. The molecular weight excluding hydrogens is 366 g/mol. The monoisotopic (exact) mass is 381 g/mol. The van der Waals surface area contributed by atoms with Gasteiger partial charge in [-0.2, -0.15) is 0 Å². The molecule has 0 aromatic carbocycles. The number of thiophene rings is 1. The van der Waals surface area contributed by atoms with Gasteiger partial charge in [0.2, 0.25) is 0 Å². The van der Waals surface area contributed by atoms with Gasteiger partial charge < -0.3 is 9.64 Å². The van der Waals surface area contributed by atoms with Gasteiger partial charge in [-0.05, 0) is 28.4 Å². The molecule has 0 bridgehead atoms. The second-order valence-corrected chi connectivity index (χ2v) is 9.21. The van der Waals surface area contributed by atoms with E-state index in [0.29, 0.717) is 25.1 Å². The quantitative estimate of drug-likeness (QED) is 0.779. The molecule has 112 valence electrons. The third kappa shape index (κ3) is 3.81. The summed E-state index contributed by atoms with van der Waals surface area (Å²) in [6.07, 6.45) is 0.503. The summed E-state index contributed by atoms with van der Waals surface area (Å²) in [5.74, 6) is 0.0706. The van der Waals surface area contributed by atoms with E-state index in [1.165, 1.54) is 11.3 Å². The molecule has 0 aliphatic carbocycles. The Morgan fingerprint density at radius 2 is 2.35 bits per heavy atom. The second-order valence-electron chi connectivity index (χ2n) is 4.69. The summed E-state index contributed by atoms with van der Waals surface area (Å²) in [4.78, 5) is 14.2. The molecule has 1 aliphatic rings. The van der Waals surface area contributed by atoms with Crippen LogP contribution in [0.1, 0.15) is 16.8 Å². The molecule has 8 heteroatoms. The van der Waals surface area contributed by atoms with Crippen molar-refractivity contribution in [3.8, 4) is 0 Å². The minimum atomic E-state index is -3.02. The summed E-state index contributed by atoms with van der Waals surface area (Å²) in [6.45, 7) is 0.802. The molecule has 1 amide bonds. The molecule has 20 heavy (non-hydrogen) atoms. The predicted molar refractivity (Wildman–Crippen MR) is 82.0 cm³/mol. The average molecular weight is 382 g/mol. The lowest BCUT2D eigenvalue weighted by molar-refractivity contribution is 0.0625. The molecule has 0 N–H and O–H groups in total. The molecule has 2 heterocycles. The van der Waals surface area contributed by atoms with Crippen molar-refractivity contribution < 1.29 is 17.9 Å². The first-order chi connectivity index (χ1) is 9.43. The van der Waals surface area contributed by atoms with Crippen molar-refractivity contribution >= 4 is 43.0 Å². The van der Waals surface area contributed by atoms with Gasteiger partial charge in [-0.15, -0.1) is 11.3 Å². The number of sulfone groups is 1. The van der Waals surface area contributed by atoms with Crippen LogP contribution < -0.4 is 0 Å². The molecule has 0 saturated carbocycles. The zero-order chi connectivity index (χ0) is 14.8. The highest BCUT2D eigenvalue weighted by Crippen LogP contribution is 2.24. The van der Waals surface area contributed by atoms with Gasteiger partial charge in [0.05, 0.1) is 27.5 Å². The van der Waals surface area contributed by atoms with Gasteiger partial charge in [0, 0.05) is 25.1 Å². The van der Waals surface area contributed by atoms with Gasteiger partial charge in [-0.25, -0.2) is 8.42 Å². The van der Waals surface area contributed by atoms with Gasteiger partial charge >= 0.3 is 0 Å². The largest absolute Gasteiger partial charge is 0.383 e. The third-order valence-electron chi connectivity index (χ3n) is 3.26. The van der Waals surface area contributed by atoms with E-state index in [-0.39, 0.29) is 23.5 Å². The van der Waals surface area contributed by atoms with E-state index in [1.807, 2.05) is 0 Å². The van der Waals surface area contributed by atoms with Crippen molar-refractivity contribution in [3.63, 3.8) is 0 Å². The molecule has 1 aromatic rings. The van der Waals surface area contributed by atoms with Gasteiger partial charge in [0.25, 0.3) is 5.91 Å². The maximum atomic E-state index is 12.5. The molecule has 2 rings (SSSR count). The molecule has 1 aliphatic heterocycles. The summed E-state index contributed by atoms with van der Waals surface area (Å²) >= 11 is 4.77. The Labute approximate surface area is 131 Å². The van der Waals surface area contributed by atoms with E-state index in [1.54, 1.807) is 23.5 Å². The SMILES string of the molecule is COCCN(C(=O)c1csc(Br)c1)C1CCS(=O)(=O)C1. The first kappa shape index (κ1) is 15.9. The highest BCUT2D eigenvalue weighted by molar-refractivity contribution is 9.11. The summed E-state index contributed by atoms with van der Waals surface area (Å²) in [5, 5.41) is 1.77. The fourth-order valence-electron chi connectivity index (χ4n) is 2.25. The van der Waals surface area contributed by atoms with Crippen LogP contribution in [-0.4, -0.2) is 57.0 Å². The van der Waals surface area contributed by atoms with Crippen LogP contribution >= 0.6 is 27.3 Å². The number of rotatable bonds is 5. The lowest BCUT2D eigenvalue weighted by atomic mass is 10.2. The molecule has 0 radical (unpaired) electrons. The molecule has 1 saturated heterocycles. The molecule has 0 spiro atoms. The van der Waals surface area contributed by atoms with Crippen molar-refractivity contribution in [1.82, 2.24) is 4.90 Å². The van der Waals surface area contributed by atoms with Crippen molar-refractivity contribution in [2.24, 2.45) is 0 Å². The number of hydrogen-bond acceptors (Lipinski definition) is 5. The van der Waals surface area contributed by atoms with Crippen LogP contribution in [0.4, 0.5) is 0 Å². The third-order valence-corrected chi connectivity index (χ3v) is 6.52. The van der Waals surface area contributed by atoms with Crippen molar-refractivity contribution in [2.45, 2.75) is 12.5 Å². The Balaban J connectivity index is 2.17. The molecule has 1 fully saturated rings. The van der Waals surface area contributed by atoms with E-state index < -0.39 is 9.84 Å². The fourth-order valence-corrected chi connectivity index (χ4v) is 5.11. The van der Waals surface area contributed by atoms with Crippen LogP contribution in [0.5, 0.6) is 0 Å². The van der Waals surface area contributed by atoms with Crippen LogP contribution in [0.3, 0.4) is 0 Å². The molecular formula is C12H16BrNO4S2. The van der Waals surface area contributed by atoms with Gasteiger partial charge in [-0.3, -0.25) is 4.79 Å². The minimum Gasteiger partial charge on any atom is -0.383 e. The Morgan fingerprint density at radius 1 is 1.60 bits per heavy atom. The first-order valence-electron chi connectivity index (χ1n) is 6.17. The van der Waals surface area contributed by atoms with Crippen molar-refractivity contribution in [3.05, 3.63) is 20.8 Å². The van der Waals surface area contributed by atoms with E-state index in [4.69, 9.17) is 4.74 Å². The number of methoxy groups -OCH3 is 1. The zero-order valence-corrected chi connectivity index (χ0v) is 14.3. The van der Waals surface area contributed by atoms with Crippen LogP contribution in [0, 0.1) is 0 Å². The topological polar surface area (TPSA) is 63.7 Å².